The molecular formula is C89H123N21O28S2. The fourth-order valence-electron chi connectivity index (χ4n) is 14.7. The van der Waals surface area contributed by atoms with Gasteiger partial charge in [0.2, 0.25) is 82.7 Å². The van der Waals surface area contributed by atoms with Crippen LogP contribution in [0.25, 0.3) is 32.7 Å². The summed E-state index contributed by atoms with van der Waals surface area (Å²) in [6.07, 6.45) is -7.43. The zero-order chi connectivity index (χ0) is 104. The molecule has 0 unspecified atom stereocenters. The van der Waals surface area contributed by atoms with E-state index < -0.39 is 315 Å². The molecule has 0 aliphatic heterocycles. The van der Waals surface area contributed by atoms with Gasteiger partial charge in [-0.25, -0.2) is 4.79 Å². The number of aliphatic imine (C=N–C) groups is 1. The van der Waals surface area contributed by atoms with Gasteiger partial charge in [0.05, 0.1) is 18.2 Å². The SMILES string of the molecule is CC(C)C[C@H](NC(=O)[C@@H](NC(=O)[C@H](CCC(=O)O)NC(=O)[C@H](Cc1c[nH]c2ccccc12)NC(=O)[C@H](CCC(=O)O)NC(=O)[C@@H](N)CCC(=O)O)C(C)C)C(=O)N[C@@H](CS)C(=O)N[C@@H](Cc1c[nH]c2ccccc12)C(=O)N[C@H](C(=O)N[C@@H](Cc1c[nH]c2ccccc12)C(=O)N[C@@H](CCC(=O)O)C(=O)N[C@H](C(=O)N[C@@H](CS)C(=O)N[C@@H](CCC(=O)O)C(=O)N[C@@H](CCCN=C(N)N)C(=O)O)[C@@H](C)O)[C@@H](C)O. The first-order valence-corrected chi connectivity index (χ1v) is 46.0. The smallest absolute Gasteiger partial charge is 0.326 e. The molecule has 49 nitrogen and oxygen atoms in total. The van der Waals surface area contributed by atoms with Crippen molar-refractivity contribution in [1.82, 2.24) is 89.4 Å². The summed E-state index contributed by atoms with van der Waals surface area (Å²) in [6.45, 7) is 8.39. The normalized spacial score (nSPS) is 14.9. The lowest BCUT2D eigenvalue weighted by molar-refractivity contribution is -0.143. The Balaban J connectivity index is 1.24. The van der Waals surface area contributed by atoms with Crippen LogP contribution in [0, 0.1) is 11.8 Å². The molecular weight excluding hydrogens is 1880 g/mol. The third-order valence-corrected chi connectivity index (χ3v) is 23.0. The number of carbonyl (C=O) groups is 20. The number of aliphatic hydroxyl groups is 2. The van der Waals surface area contributed by atoms with Crippen molar-refractivity contribution in [3.63, 3.8) is 0 Å². The van der Waals surface area contributed by atoms with Crippen LogP contribution >= 0.6 is 25.3 Å². The highest BCUT2D eigenvalue weighted by molar-refractivity contribution is 7.80. The summed E-state index contributed by atoms with van der Waals surface area (Å²) in [5.74, 6) is -27.6. The Morgan fingerprint density at radius 2 is 0.593 bits per heavy atom. The number of rotatable bonds is 61. The third kappa shape index (κ3) is 36.5. The number of aromatic nitrogens is 3. The van der Waals surface area contributed by atoms with E-state index in [0.29, 0.717) is 49.4 Å². The molecule has 3 heterocycles. The highest BCUT2D eigenvalue weighted by Gasteiger charge is 2.42. The molecule has 3 aromatic carbocycles. The number of aliphatic carboxylic acids is 6. The van der Waals surface area contributed by atoms with Crippen LogP contribution < -0.4 is 91.6 Å². The van der Waals surface area contributed by atoms with Crippen molar-refractivity contribution >= 4 is 182 Å². The van der Waals surface area contributed by atoms with Crippen molar-refractivity contribution in [3.05, 3.63) is 108 Å². The van der Waals surface area contributed by atoms with Crippen molar-refractivity contribution in [3.8, 4) is 0 Å². The van der Waals surface area contributed by atoms with Gasteiger partial charge in [-0.05, 0) is 112 Å². The number of carbonyl (C=O) groups excluding carboxylic acids is 14. The highest BCUT2D eigenvalue weighted by Crippen LogP contribution is 2.25. The van der Waals surface area contributed by atoms with Gasteiger partial charge in [0, 0.05) is 121 Å². The van der Waals surface area contributed by atoms with Crippen LogP contribution in [-0.4, -0.2) is 301 Å². The molecule has 0 radical (unpaired) electrons. The van der Waals surface area contributed by atoms with Gasteiger partial charge in [-0.15, -0.1) is 0 Å². The summed E-state index contributed by atoms with van der Waals surface area (Å²) < 4.78 is 0. The zero-order valence-corrected chi connectivity index (χ0v) is 79.2. The first-order chi connectivity index (χ1) is 66.1. The van der Waals surface area contributed by atoms with Gasteiger partial charge in [0.25, 0.3) is 0 Å². The summed E-state index contributed by atoms with van der Waals surface area (Å²) in [5, 5.41) is 116. The summed E-state index contributed by atoms with van der Waals surface area (Å²) in [7, 11) is 0. The molecule has 6 rings (SSSR count). The average molecular weight is 2000 g/mol. The number of nitrogens with zero attached hydrogens (tertiary/aromatic N) is 1. The summed E-state index contributed by atoms with van der Waals surface area (Å²) in [4.78, 5) is 287. The first kappa shape index (κ1) is 114. The van der Waals surface area contributed by atoms with Gasteiger partial charge in [-0.2, -0.15) is 25.3 Å². The summed E-state index contributed by atoms with van der Waals surface area (Å²) >= 11 is 8.53. The molecule has 0 aliphatic carbocycles. The monoisotopic (exact) mass is 2000 g/mol. The zero-order valence-electron chi connectivity index (χ0n) is 77.4. The fraction of sp³-hybridized carbons (Fsp3) is 0.494. The molecule has 0 bridgehead atoms. The number of carboxylic acid groups (broad SMARTS) is 6. The lowest BCUT2D eigenvalue weighted by Crippen LogP contribution is -2.63. The second-order valence-corrected chi connectivity index (χ2v) is 34.8. The van der Waals surface area contributed by atoms with Gasteiger partial charge in [0.1, 0.15) is 84.6 Å². The number of aromatic amines is 3. The maximum Gasteiger partial charge on any atom is 0.326 e. The Labute approximate surface area is 811 Å². The number of H-pyrrole nitrogens is 3. The van der Waals surface area contributed by atoms with E-state index in [4.69, 9.17) is 17.2 Å². The summed E-state index contributed by atoms with van der Waals surface area (Å²) in [6, 6.07) is -6.23. The minimum atomic E-state index is -2.07. The molecule has 3 aromatic heterocycles. The van der Waals surface area contributed by atoms with Crippen molar-refractivity contribution < 1.29 is 137 Å². The number of nitrogens with two attached hydrogens (primary N) is 3. The van der Waals surface area contributed by atoms with E-state index in [2.05, 4.69) is 120 Å². The molecule has 764 valence electrons. The standard InChI is InChI=1S/C89H123N21O28S2/c1-41(2)32-60(104-85(134)71(42(3)4)108-77(126)57(24-29-69(119)120)98-80(129)61(33-45-36-94-52-17-10-7-14-48(45)52)102-76(125)55(22-27-67(115)116)97-74(123)51(90)21-26-66(113)114)79(128)106-64(39-139)84(133)103-63(35-47-38-96-54-19-12-9-16-50(47)54)82(131)110-72(43(5)111)86(135)105-62(34-46-37-95-53-18-11-8-15-49(46)53)81(130)99-58(25-30-70(121)122)78(127)109-73(44(6)112)87(136)107-65(40-140)83(132)100-56(23-28-68(117)118)75(124)101-59(88(137)138)20-13-31-93-89(91)92/h7-12,14-19,36-38,41-44,51,55-65,71-73,94-96,111-112,139-140H,13,20-35,39-40,90H2,1-6H3,(H,97,123)(H,98,129)(H,99,130)(H,100,132)(H,101,124)(H,102,125)(H,103,133)(H,104,134)(H,105,135)(H,106,128)(H,107,136)(H,108,126)(H,109,127)(H,110,131)(H,113,114)(H,115,116)(H,117,118)(H,119,120)(H,121,122)(H,137,138)(H4,91,92,93)/t43-,44-,51+,55+,56+,57+,58+,59+,60+,61+,62+,63+,64+,65+,71+,72+,73+/m1/s1. The molecule has 14 amide bonds. The number of hydrogen-bond donors (Lipinski definition) is 30. The Morgan fingerprint density at radius 3 is 0.921 bits per heavy atom. The number of benzene rings is 3. The predicted molar refractivity (Wildman–Crippen MR) is 508 cm³/mol. The number of hydrogen-bond acceptors (Lipinski definition) is 26. The quantitative estimate of drug-likeness (QED) is 0.00750. The highest BCUT2D eigenvalue weighted by atomic mass is 32.1. The molecule has 51 heteroatoms. The van der Waals surface area contributed by atoms with E-state index in [0.717, 1.165) is 13.8 Å². The minimum absolute atomic E-state index is 0.0372. The molecule has 140 heavy (non-hydrogen) atoms. The van der Waals surface area contributed by atoms with Crippen molar-refractivity contribution in [2.24, 2.45) is 34.0 Å². The fourth-order valence-corrected chi connectivity index (χ4v) is 15.2. The van der Waals surface area contributed by atoms with Crippen LogP contribution in [0.4, 0.5) is 0 Å². The third-order valence-electron chi connectivity index (χ3n) is 22.2. The summed E-state index contributed by atoms with van der Waals surface area (Å²) in [5.41, 5.74) is 19.4. The molecule has 31 N–H and O–H groups in total. The first-order valence-electron chi connectivity index (χ1n) is 44.7. The number of para-hydroxylation sites is 3. The second kappa shape index (κ2) is 55.8. The van der Waals surface area contributed by atoms with Gasteiger partial charge in [-0.3, -0.25) is 96.1 Å². The van der Waals surface area contributed by atoms with Crippen LogP contribution in [0.3, 0.4) is 0 Å². The van der Waals surface area contributed by atoms with E-state index in [9.17, 15) is 122 Å². The average Bonchev–Trinajstić information content (AvgIpc) is 1.66. The molecule has 0 spiro atoms. The Hall–Kier alpha value is -14.5. The van der Waals surface area contributed by atoms with Gasteiger partial charge >= 0.3 is 35.8 Å². The molecule has 0 saturated heterocycles. The number of guanidine groups is 1. The van der Waals surface area contributed by atoms with E-state index in [1.54, 1.807) is 86.6 Å². The van der Waals surface area contributed by atoms with E-state index >= 15 is 14.4 Å². The lowest BCUT2D eigenvalue weighted by Gasteiger charge is -2.30. The van der Waals surface area contributed by atoms with Gasteiger partial charge in [0.15, 0.2) is 5.96 Å². The Bertz CT molecular complexity index is 5450. The molecule has 0 aliphatic rings. The topological polar surface area (TPSA) is 809 Å². The van der Waals surface area contributed by atoms with E-state index in [1.807, 2.05) is 0 Å². The molecule has 17 atom stereocenters. The van der Waals surface area contributed by atoms with Crippen LogP contribution in [-0.2, 0) is 115 Å². The number of fused-ring (bicyclic) bond motifs is 3. The number of aliphatic hydroxyl groups excluding tert-OH is 2. The Morgan fingerprint density at radius 1 is 0.329 bits per heavy atom. The van der Waals surface area contributed by atoms with Crippen LogP contribution in [0.2, 0.25) is 0 Å². The maximum absolute atomic E-state index is 15.2. The lowest BCUT2D eigenvalue weighted by atomic mass is 9.98. The second-order valence-electron chi connectivity index (χ2n) is 34.1. The largest absolute Gasteiger partial charge is 0.481 e. The molecule has 6 aromatic rings. The van der Waals surface area contributed by atoms with E-state index in [-0.39, 0.29) is 44.6 Å². The number of carboxylic acids is 6. The van der Waals surface area contributed by atoms with Crippen molar-refractivity contribution in [2.75, 3.05) is 18.1 Å². The van der Waals surface area contributed by atoms with Crippen molar-refractivity contribution in [1.29, 1.82) is 0 Å². The van der Waals surface area contributed by atoms with Crippen LogP contribution in [0.15, 0.2) is 96.4 Å². The molecule has 0 fully saturated rings. The van der Waals surface area contributed by atoms with Crippen LogP contribution in [0.5, 0.6) is 0 Å². The predicted octanol–water partition coefficient (Wildman–Crippen LogP) is -3.94. The van der Waals surface area contributed by atoms with Crippen LogP contribution in [0.1, 0.15) is 142 Å². The minimum Gasteiger partial charge on any atom is -0.481 e. The number of thiol groups is 2. The number of amides is 14. The van der Waals surface area contributed by atoms with Crippen molar-refractivity contribution in [2.45, 2.75) is 247 Å². The molecule has 0 saturated carbocycles. The van der Waals surface area contributed by atoms with Gasteiger partial charge < -0.3 is 147 Å². The Kier molecular flexibility index (Phi) is 45.5. The maximum atomic E-state index is 15.2. The van der Waals surface area contributed by atoms with Gasteiger partial charge in [-0.1, -0.05) is 82.3 Å². The number of nitrogens with one attached hydrogen (secondary N) is 17. The van der Waals surface area contributed by atoms with E-state index in [1.165, 1.54) is 32.4 Å².